The van der Waals surface area contributed by atoms with Gasteiger partial charge in [-0.15, -0.1) is 11.8 Å². The lowest BCUT2D eigenvalue weighted by Crippen LogP contribution is -2.30. The number of ether oxygens (including phenoxy) is 3. The summed E-state index contributed by atoms with van der Waals surface area (Å²) in [4.78, 5) is 39.9. The highest BCUT2D eigenvalue weighted by Crippen LogP contribution is 2.38. The average Bonchev–Trinajstić information content (AvgIpc) is 3.03. The second kappa shape index (κ2) is 14.6. The molecule has 0 aromatic heterocycles. The molecule has 0 saturated heterocycles. The number of thioether (sulfide) groups is 1. The lowest BCUT2D eigenvalue weighted by molar-refractivity contribution is -0.113. The molecule has 214 valence electrons. The summed E-state index contributed by atoms with van der Waals surface area (Å²) in [5.41, 5.74) is 2.07. The van der Waals surface area contributed by atoms with Crippen LogP contribution in [0.3, 0.4) is 0 Å². The minimum Gasteiger partial charge on any atom is -0.493 e. The Morgan fingerprint density at radius 2 is 1.36 bits per heavy atom. The first-order chi connectivity index (χ1) is 20.4. The molecule has 8 nitrogen and oxygen atoms in total. The van der Waals surface area contributed by atoms with Crippen LogP contribution in [0.2, 0.25) is 0 Å². The van der Waals surface area contributed by atoms with Crippen LogP contribution in [0.1, 0.15) is 26.3 Å². The van der Waals surface area contributed by atoms with Gasteiger partial charge in [-0.2, -0.15) is 0 Å². The average molecular weight is 583 g/mol. The number of benzene rings is 4. The van der Waals surface area contributed by atoms with E-state index in [2.05, 4.69) is 10.6 Å². The third-order valence-corrected chi connectivity index (χ3v) is 7.08. The molecule has 4 rings (SSSR count). The second-order valence-corrected chi connectivity index (χ2v) is 9.95. The van der Waals surface area contributed by atoms with Crippen molar-refractivity contribution in [3.63, 3.8) is 0 Å². The first kappa shape index (κ1) is 30.0. The summed E-state index contributed by atoms with van der Waals surface area (Å²) in [6, 6.07) is 28.2. The molecule has 0 atom stereocenters. The fourth-order valence-electron chi connectivity index (χ4n) is 4.01. The van der Waals surface area contributed by atoms with Crippen molar-refractivity contribution in [1.29, 1.82) is 0 Å². The minimum atomic E-state index is -0.546. The highest BCUT2D eigenvalue weighted by atomic mass is 32.2. The maximum atomic E-state index is 13.5. The molecule has 0 bridgehead atoms. The van der Waals surface area contributed by atoms with Crippen LogP contribution in [-0.2, 0) is 4.79 Å². The van der Waals surface area contributed by atoms with Crippen molar-refractivity contribution in [3.8, 4) is 17.2 Å². The zero-order valence-electron chi connectivity index (χ0n) is 23.4. The summed E-state index contributed by atoms with van der Waals surface area (Å²) in [5, 5.41) is 5.58. The van der Waals surface area contributed by atoms with E-state index >= 15 is 0 Å². The smallest absolute Gasteiger partial charge is 0.272 e. The van der Waals surface area contributed by atoms with Gasteiger partial charge >= 0.3 is 0 Å². The molecule has 0 aliphatic rings. The van der Waals surface area contributed by atoms with Crippen molar-refractivity contribution in [2.24, 2.45) is 0 Å². The molecular formula is C33H30N2O6S. The number of anilines is 1. The Bertz CT molecular complexity index is 1560. The highest BCUT2D eigenvalue weighted by Gasteiger charge is 2.18. The minimum absolute atomic E-state index is 0.00422. The number of rotatable bonds is 12. The molecule has 42 heavy (non-hydrogen) atoms. The first-order valence-electron chi connectivity index (χ1n) is 12.9. The molecule has 0 aliphatic heterocycles. The molecule has 0 spiro atoms. The van der Waals surface area contributed by atoms with Gasteiger partial charge in [-0.25, -0.2) is 0 Å². The Labute approximate surface area is 248 Å². The lowest BCUT2D eigenvalue weighted by atomic mass is 10.1. The lowest BCUT2D eigenvalue weighted by Gasteiger charge is -2.15. The first-order valence-corrected chi connectivity index (χ1v) is 13.9. The van der Waals surface area contributed by atoms with Crippen LogP contribution in [-0.4, -0.2) is 44.7 Å². The van der Waals surface area contributed by atoms with Crippen molar-refractivity contribution in [1.82, 2.24) is 5.32 Å². The number of ketones is 1. The van der Waals surface area contributed by atoms with Crippen molar-refractivity contribution in [3.05, 3.63) is 119 Å². The molecule has 0 fully saturated rings. The molecule has 4 aromatic rings. The van der Waals surface area contributed by atoms with E-state index in [1.165, 1.54) is 39.2 Å². The van der Waals surface area contributed by atoms with Gasteiger partial charge in [0.25, 0.3) is 11.8 Å². The third kappa shape index (κ3) is 7.80. The van der Waals surface area contributed by atoms with E-state index in [9.17, 15) is 14.4 Å². The van der Waals surface area contributed by atoms with Gasteiger partial charge in [0.15, 0.2) is 17.3 Å². The maximum Gasteiger partial charge on any atom is 0.272 e. The van der Waals surface area contributed by atoms with Gasteiger partial charge in [0.05, 0.1) is 27.1 Å². The Hall–Kier alpha value is -5.02. The standard InChI is InChI=1S/C33H30N2O6S/c1-39-29-18-22(19-30(40-2)31(29)41-3)17-27(35-32(37)24-13-8-5-9-14-24)33(38)34-25-15-10-16-26(20-25)42-21-28(36)23-11-6-4-7-12-23/h4-20H,21H2,1-3H3,(H,34,38)(H,35,37)/b27-17-. The molecule has 9 heteroatoms. The van der Waals surface area contributed by atoms with Crippen LogP contribution in [0.15, 0.2) is 108 Å². The summed E-state index contributed by atoms with van der Waals surface area (Å²) in [6.07, 6.45) is 1.53. The van der Waals surface area contributed by atoms with Gasteiger partial charge < -0.3 is 24.8 Å². The van der Waals surface area contributed by atoms with Gasteiger partial charge in [0.1, 0.15) is 5.70 Å². The van der Waals surface area contributed by atoms with Gasteiger partial charge in [0.2, 0.25) is 5.75 Å². The quantitative estimate of drug-likeness (QED) is 0.118. The Morgan fingerprint density at radius 3 is 1.95 bits per heavy atom. The molecule has 2 N–H and O–H groups in total. The molecule has 0 heterocycles. The third-order valence-electron chi connectivity index (χ3n) is 6.08. The Kier molecular flexibility index (Phi) is 10.4. The number of methoxy groups -OCH3 is 3. The maximum absolute atomic E-state index is 13.5. The van der Waals surface area contributed by atoms with Crippen molar-refractivity contribution in [2.45, 2.75) is 4.90 Å². The topological polar surface area (TPSA) is 103 Å². The zero-order chi connectivity index (χ0) is 29.9. The Morgan fingerprint density at radius 1 is 0.738 bits per heavy atom. The molecule has 4 aromatic carbocycles. The van der Waals surface area contributed by atoms with Crippen LogP contribution >= 0.6 is 11.8 Å². The van der Waals surface area contributed by atoms with E-state index in [0.717, 1.165) is 4.90 Å². The second-order valence-electron chi connectivity index (χ2n) is 8.90. The van der Waals surface area contributed by atoms with Crippen LogP contribution in [0.5, 0.6) is 17.2 Å². The normalized spacial score (nSPS) is 10.9. The summed E-state index contributed by atoms with van der Waals surface area (Å²) in [6.45, 7) is 0. The predicted octanol–water partition coefficient (Wildman–Crippen LogP) is 6.10. The number of Topliss-reactive ketones (excluding diaryl/α,β-unsaturated/α-hetero) is 1. The summed E-state index contributed by atoms with van der Waals surface area (Å²) < 4.78 is 16.3. The highest BCUT2D eigenvalue weighted by molar-refractivity contribution is 8.00. The fourth-order valence-corrected chi connectivity index (χ4v) is 4.86. The van der Waals surface area contributed by atoms with E-state index in [4.69, 9.17) is 14.2 Å². The number of hydrogen-bond acceptors (Lipinski definition) is 7. The largest absolute Gasteiger partial charge is 0.493 e. The van der Waals surface area contributed by atoms with Crippen molar-refractivity contribution in [2.75, 3.05) is 32.4 Å². The van der Waals surface area contributed by atoms with Crippen molar-refractivity contribution >= 4 is 41.1 Å². The molecule has 0 unspecified atom stereocenters. The summed E-state index contributed by atoms with van der Waals surface area (Å²) in [5.74, 6) is 0.453. The van der Waals surface area contributed by atoms with E-state index < -0.39 is 11.8 Å². The van der Waals surface area contributed by atoms with Gasteiger partial charge in [-0.3, -0.25) is 14.4 Å². The molecular weight excluding hydrogens is 552 g/mol. The number of amides is 2. The molecule has 0 aliphatic carbocycles. The molecule has 0 saturated carbocycles. The number of carbonyl (C=O) groups excluding carboxylic acids is 3. The molecule has 0 radical (unpaired) electrons. The van der Waals surface area contributed by atoms with Gasteiger partial charge in [-0.1, -0.05) is 54.6 Å². The van der Waals surface area contributed by atoms with Gasteiger partial charge in [0, 0.05) is 21.7 Å². The van der Waals surface area contributed by atoms with E-state index in [1.54, 1.807) is 72.8 Å². The fraction of sp³-hybridized carbons (Fsp3) is 0.121. The molecule has 2 amide bonds. The zero-order valence-corrected chi connectivity index (χ0v) is 24.2. The van der Waals surface area contributed by atoms with E-state index in [-0.39, 0.29) is 17.2 Å². The van der Waals surface area contributed by atoms with Crippen LogP contribution in [0.4, 0.5) is 5.69 Å². The van der Waals surface area contributed by atoms with Gasteiger partial charge in [-0.05, 0) is 54.1 Å². The van der Waals surface area contributed by atoms with E-state index in [1.807, 2.05) is 24.3 Å². The number of nitrogens with one attached hydrogen (secondary N) is 2. The Balaban J connectivity index is 1.59. The predicted molar refractivity (Wildman–Crippen MR) is 165 cm³/mol. The summed E-state index contributed by atoms with van der Waals surface area (Å²) >= 11 is 1.37. The van der Waals surface area contributed by atoms with Crippen LogP contribution in [0.25, 0.3) is 6.08 Å². The summed E-state index contributed by atoms with van der Waals surface area (Å²) in [7, 11) is 4.49. The van der Waals surface area contributed by atoms with Crippen LogP contribution in [0, 0.1) is 0 Å². The number of carbonyl (C=O) groups is 3. The SMILES string of the molecule is COc1cc(/C=C(\NC(=O)c2ccccc2)C(=O)Nc2cccc(SCC(=O)c3ccccc3)c2)cc(OC)c1OC. The van der Waals surface area contributed by atoms with Crippen molar-refractivity contribution < 1.29 is 28.6 Å². The monoisotopic (exact) mass is 582 g/mol. The number of hydrogen-bond donors (Lipinski definition) is 2. The van der Waals surface area contributed by atoms with Crippen LogP contribution < -0.4 is 24.8 Å². The van der Waals surface area contributed by atoms with E-state index in [0.29, 0.717) is 39.6 Å².